The molecule has 1 aliphatic heterocycles. The Labute approximate surface area is 149 Å². The zero-order valence-electron chi connectivity index (χ0n) is 14.5. The number of hydrogen-bond donors (Lipinski definition) is 1. The predicted octanol–water partition coefficient (Wildman–Crippen LogP) is 4.41. The van der Waals surface area contributed by atoms with E-state index in [1.54, 1.807) is 0 Å². The van der Waals surface area contributed by atoms with Crippen molar-refractivity contribution in [1.82, 2.24) is 5.32 Å². The van der Waals surface area contributed by atoms with Crippen LogP contribution in [0.5, 0.6) is 0 Å². The Bertz CT molecular complexity index is 508. The number of carbonyl (C=O) groups is 1. The summed E-state index contributed by atoms with van der Waals surface area (Å²) in [5.74, 6) is 1.01. The molecule has 24 heavy (non-hydrogen) atoms. The fraction of sp³-hybridized carbons (Fsp3) is 0.650. The summed E-state index contributed by atoms with van der Waals surface area (Å²) in [5, 5.41) is 3.22. The molecule has 3 nitrogen and oxygen atoms in total. The van der Waals surface area contributed by atoms with Gasteiger partial charge in [-0.2, -0.15) is 0 Å². The third kappa shape index (κ3) is 5.25. The number of carbonyl (C=O) groups excluding carboxylic acids is 1. The Balaban J connectivity index is 1.51. The average Bonchev–Trinajstić information content (AvgIpc) is 3.14. The Morgan fingerprint density at radius 1 is 1.17 bits per heavy atom. The topological polar surface area (TPSA) is 38.3 Å². The highest BCUT2D eigenvalue weighted by atomic mass is 32.2. The smallest absolute Gasteiger partial charge is 0.220 e. The number of rotatable bonds is 7. The highest BCUT2D eigenvalue weighted by Crippen LogP contribution is 2.40. The third-order valence-electron chi connectivity index (χ3n) is 5.34. The van der Waals surface area contributed by atoms with Gasteiger partial charge in [0.1, 0.15) is 0 Å². The molecule has 3 rings (SSSR count). The van der Waals surface area contributed by atoms with Crippen molar-refractivity contribution in [2.45, 2.75) is 61.0 Å². The van der Waals surface area contributed by atoms with Gasteiger partial charge in [0.05, 0.1) is 0 Å². The van der Waals surface area contributed by atoms with Gasteiger partial charge in [0.2, 0.25) is 5.91 Å². The van der Waals surface area contributed by atoms with Crippen molar-refractivity contribution in [3.8, 4) is 0 Å². The molecule has 1 N–H and O–H groups in total. The molecule has 1 amide bonds. The fourth-order valence-electron chi connectivity index (χ4n) is 3.78. The van der Waals surface area contributed by atoms with E-state index in [0.717, 1.165) is 44.9 Å². The van der Waals surface area contributed by atoms with Crippen molar-refractivity contribution in [3.05, 3.63) is 30.3 Å². The Morgan fingerprint density at radius 2 is 1.88 bits per heavy atom. The molecule has 0 radical (unpaired) electrons. The summed E-state index contributed by atoms with van der Waals surface area (Å²) in [5.41, 5.74) is 0. The Kier molecular flexibility index (Phi) is 6.61. The molecule has 1 saturated heterocycles. The number of benzene rings is 1. The van der Waals surface area contributed by atoms with E-state index in [2.05, 4.69) is 29.6 Å². The van der Waals surface area contributed by atoms with E-state index < -0.39 is 0 Å². The maximum absolute atomic E-state index is 12.3. The van der Waals surface area contributed by atoms with E-state index in [-0.39, 0.29) is 10.7 Å². The van der Waals surface area contributed by atoms with Gasteiger partial charge in [-0.1, -0.05) is 43.9 Å². The van der Waals surface area contributed by atoms with Crippen LogP contribution >= 0.6 is 11.8 Å². The number of ether oxygens (including phenoxy) is 1. The summed E-state index contributed by atoms with van der Waals surface area (Å²) in [4.78, 5) is 13.6. The summed E-state index contributed by atoms with van der Waals surface area (Å²) in [6.45, 7) is 2.33. The number of amides is 1. The minimum Gasteiger partial charge on any atom is -0.381 e. The van der Waals surface area contributed by atoms with Gasteiger partial charge in [0.25, 0.3) is 0 Å². The summed E-state index contributed by atoms with van der Waals surface area (Å²) in [6, 6.07) is 10.5. The highest BCUT2D eigenvalue weighted by molar-refractivity contribution is 8.00. The van der Waals surface area contributed by atoms with E-state index in [4.69, 9.17) is 4.74 Å². The van der Waals surface area contributed by atoms with Crippen LogP contribution in [-0.2, 0) is 9.53 Å². The van der Waals surface area contributed by atoms with Gasteiger partial charge in [0, 0.05) is 35.8 Å². The lowest BCUT2D eigenvalue weighted by Crippen LogP contribution is -2.44. The highest BCUT2D eigenvalue weighted by Gasteiger charge is 2.34. The fourth-order valence-corrected chi connectivity index (χ4v) is 5.09. The van der Waals surface area contributed by atoms with Gasteiger partial charge in [-0.05, 0) is 37.3 Å². The minimum atomic E-state index is 0.0720. The first kappa shape index (κ1) is 17.8. The molecule has 1 heterocycles. The maximum Gasteiger partial charge on any atom is 0.220 e. The molecule has 2 fully saturated rings. The SMILES string of the molecule is O=C(CCC1CCCC1)NCC1(Sc2ccccc2)CCOCC1. The second-order valence-electron chi connectivity index (χ2n) is 7.18. The summed E-state index contributed by atoms with van der Waals surface area (Å²) in [7, 11) is 0. The standard InChI is InChI=1S/C20H29NO2S/c22-19(11-10-17-6-4-5-7-17)21-16-20(12-14-23-15-13-20)24-18-8-2-1-3-9-18/h1-3,8-9,17H,4-7,10-16H2,(H,21,22). The molecule has 1 saturated carbocycles. The van der Waals surface area contributed by atoms with Crippen molar-refractivity contribution in [2.24, 2.45) is 5.92 Å². The van der Waals surface area contributed by atoms with Crippen LogP contribution in [0.2, 0.25) is 0 Å². The van der Waals surface area contributed by atoms with Crippen molar-refractivity contribution in [2.75, 3.05) is 19.8 Å². The van der Waals surface area contributed by atoms with E-state index in [1.165, 1.54) is 30.6 Å². The van der Waals surface area contributed by atoms with E-state index in [9.17, 15) is 4.79 Å². The second kappa shape index (κ2) is 8.91. The normalized spacial score (nSPS) is 20.8. The molecule has 0 bridgehead atoms. The zero-order chi connectivity index (χ0) is 16.7. The Morgan fingerprint density at radius 3 is 2.58 bits per heavy atom. The second-order valence-corrected chi connectivity index (χ2v) is 8.72. The summed E-state index contributed by atoms with van der Waals surface area (Å²) >= 11 is 1.90. The van der Waals surface area contributed by atoms with Gasteiger partial charge in [-0.15, -0.1) is 11.8 Å². The quantitative estimate of drug-likeness (QED) is 0.794. The molecule has 0 atom stereocenters. The number of nitrogens with one attached hydrogen (secondary N) is 1. The molecule has 132 valence electrons. The van der Waals surface area contributed by atoms with E-state index >= 15 is 0 Å². The van der Waals surface area contributed by atoms with Gasteiger partial charge >= 0.3 is 0 Å². The first-order valence-corrected chi connectivity index (χ1v) is 10.2. The number of hydrogen-bond acceptors (Lipinski definition) is 3. The van der Waals surface area contributed by atoms with Gasteiger partial charge in [-0.3, -0.25) is 4.79 Å². The molecule has 2 aliphatic rings. The van der Waals surface area contributed by atoms with Crippen LogP contribution in [0, 0.1) is 5.92 Å². The van der Waals surface area contributed by atoms with Crippen LogP contribution < -0.4 is 5.32 Å². The van der Waals surface area contributed by atoms with Crippen LogP contribution in [0.4, 0.5) is 0 Å². The number of thioether (sulfide) groups is 1. The third-order valence-corrected chi connectivity index (χ3v) is 6.84. The molecule has 0 unspecified atom stereocenters. The minimum absolute atomic E-state index is 0.0720. The Hall–Kier alpha value is -1.00. The summed E-state index contributed by atoms with van der Waals surface area (Å²) in [6.07, 6.45) is 9.08. The van der Waals surface area contributed by atoms with Gasteiger partial charge < -0.3 is 10.1 Å². The van der Waals surface area contributed by atoms with Gasteiger partial charge in [0.15, 0.2) is 0 Å². The zero-order valence-corrected chi connectivity index (χ0v) is 15.3. The van der Waals surface area contributed by atoms with Crippen LogP contribution in [0.1, 0.15) is 51.4 Å². The van der Waals surface area contributed by atoms with Crippen molar-refractivity contribution < 1.29 is 9.53 Å². The first-order valence-electron chi connectivity index (χ1n) is 9.34. The molecule has 0 spiro atoms. The molecular weight excluding hydrogens is 318 g/mol. The van der Waals surface area contributed by atoms with E-state index in [1.807, 2.05) is 17.8 Å². The lowest BCUT2D eigenvalue weighted by Gasteiger charge is -2.36. The predicted molar refractivity (Wildman–Crippen MR) is 99.3 cm³/mol. The van der Waals surface area contributed by atoms with Crippen molar-refractivity contribution in [1.29, 1.82) is 0 Å². The first-order chi connectivity index (χ1) is 11.8. The van der Waals surface area contributed by atoms with Crippen molar-refractivity contribution in [3.63, 3.8) is 0 Å². The molecule has 4 heteroatoms. The van der Waals surface area contributed by atoms with Crippen LogP contribution in [0.3, 0.4) is 0 Å². The van der Waals surface area contributed by atoms with Crippen molar-refractivity contribution >= 4 is 17.7 Å². The van der Waals surface area contributed by atoms with Gasteiger partial charge in [-0.25, -0.2) is 0 Å². The largest absolute Gasteiger partial charge is 0.381 e. The molecule has 1 aliphatic carbocycles. The molecular formula is C20H29NO2S. The van der Waals surface area contributed by atoms with E-state index in [0.29, 0.717) is 6.42 Å². The monoisotopic (exact) mass is 347 g/mol. The molecule has 1 aromatic carbocycles. The van der Waals surface area contributed by atoms with Crippen LogP contribution in [0.15, 0.2) is 35.2 Å². The van der Waals surface area contributed by atoms with Crippen LogP contribution in [-0.4, -0.2) is 30.4 Å². The lowest BCUT2D eigenvalue weighted by molar-refractivity contribution is -0.121. The average molecular weight is 348 g/mol. The lowest BCUT2D eigenvalue weighted by atomic mass is 9.98. The molecule has 0 aromatic heterocycles. The summed E-state index contributed by atoms with van der Waals surface area (Å²) < 4.78 is 5.63. The van der Waals surface area contributed by atoms with Crippen LogP contribution in [0.25, 0.3) is 0 Å². The molecule has 1 aromatic rings. The maximum atomic E-state index is 12.3.